The summed E-state index contributed by atoms with van der Waals surface area (Å²) in [7, 11) is 0. The minimum atomic E-state index is -2.32. The lowest BCUT2D eigenvalue weighted by Gasteiger charge is -2.26. The molecule has 0 radical (unpaired) electrons. The van der Waals surface area contributed by atoms with Gasteiger partial charge in [0.25, 0.3) is 11.3 Å². The van der Waals surface area contributed by atoms with E-state index in [0.29, 0.717) is 17.8 Å². The van der Waals surface area contributed by atoms with Gasteiger partial charge in [-0.15, -0.1) is 0 Å². The quantitative estimate of drug-likeness (QED) is 0.613. The van der Waals surface area contributed by atoms with Gasteiger partial charge in [0.1, 0.15) is 5.00 Å². The summed E-state index contributed by atoms with van der Waals surface area (Å²) < 4.78 is 26.9. The molecule has 0 amide bonds. The second-order valence-corrected chi connectivity index (χ2v) is 5.68. The maximum Gasteiger partial charge on any atom is 0.333 e. The molecular weight excluding hydrogens is 278 g/mol. The zero-order valence-electron chi connectivity index (χ0n) is 9.66. The summed E-state index contributed by atoms with van der Waals surface area (Å²) >= 11 is -1.27. The van der Waals surface area contributed by atoms with Crippen molar-refractivity contribution >= 4 is 38.7 Å². The van der Waals surface area contributed by atoms with Crippen molar-refractivity contribution in [1.29, 1.82) is 0 Å². The highest BCUT2D eigenvalue weighted by Crippen LogP contribution is 2.47. The lowest BCUT2D eigenvalue weighted by atomic mass is 10.3. The van der Waals surface area contributed by atoms with Crippen molar-refractivity contribution in [2.24, 2.45) is 0 Å². The molecule has 1 aliphatic carbocycles. The summed E-state index contributed by atoms with van der Waals surface area (Å²) in [4.78, 5) is 15.7. The Morgan fingerprint density at radius 2 is 2.44 bits per heavy atom. The van der Waals surface area contributed by atoms with Crippen LogP contribution >= 0.6 is 11.3 Å². The van der Waals surface area contributed by atoms with Gasteiger partial charge in [-0.3, -0.25) is 4.55 Å². The number of nitrogens with zero attached hydrogens (tertiary/aromatic N) is 2. The van der Waals surface area contributed by atoms with Crippen LogP contribution in [0.4, 0.5) is 10.1 Å². The lowest BCUT2D eigenvalue weighted by molar-refractivity contribution is -0.145. The minimum Gasteiger partial charge on any atom is -0.464 e. The Kier molecular flexibility index (Phi) is 3.55. The third-order valence-electron chi connectivity index (χ3n) is 2.64. The van der Waals surface area contributed by atoms with Crippen LogP contribution in [0.1, 0.15) is 19.8 Å². The van der Waals surface area contributed by atoms with Crippen molar-refractivity contribution in [1.82, 2.24) is 4.98 Å². The second kappa shape index (κ2) is 4.82. The van der Waals surface area contributed by atoms with E-state index in [1.165, 1.54) is 6.20 Å². The van der Waals surface area contributed by atoms with Gasteiger partial charge >= 0.3 is 5.97 Å². The maximum atomic E-state index is 11.9. The fraction of sp³-hybridized carbons (Fsp3) is 0.556. The number of carbonyl (C=O) groups is 1. The topological polar surface area (TPSA) is 106 Å². The smallest absolute Gasteiger partial charge is 0.333 e. The molecular formula is C9H13N3O4S2. The van der Waals surface area contributed by atoms with Gasteiger partial charge < -0.3 is 10.5 Å². The molecule has 0 aromatic carbocycles. The van der Waals surface area contributed by atoms with Crippen LogP contribution in [0.2, 0.25) is 0 Å². The fourth-order valence-corrected chi connectivity index (χ4v) is 3.43. The Labute approximate surface area is 110 Å². The van der Waals surface area contributed by atoms with Gasteiger partial charge in [0.05, 0.1) is 12.8 Å². The summed E-state index contributed by atoms with van der Waals surface area (Å²) in [6.07, 6.45) is 2.35. The molecule has 0 aliphatic heterocycles. The Balaban J connectivity index is 2.32. The first kappa shape index (κ1) is 13.2. The minimum absolute atomic E-state index is 0.233. The molecule has 1 aromatic rings. The summed E-state index contributed by atoms with van der Waals surface area (Å²) in [5.41, 5.74) is 4.45. The molecule has 1 aromatic heterocycles. The van der Waals surface area contributed by atoms with Crippen LogP contribution in [0.5, 0.6) is 0 Å². The Morgan fingerprint density at radius 1 is 1.78 bits per heavy atom. The molecule has 0 saturated heterocycles. The molecule has 100 valence electrons. The zero-order valence-corrected chi connectivity index (χ0v) is 11.3. The third kappa shape index (κ3) is 2.20. The van der Waals surface area contributed by atoms with E-state index in [1.807, 2.05) is 0 Å². The van der Waals surface area contributed by atoms with E-state index in [4.69, 9.17) is 10.5 Å². The second-order valence-electron chi connectivity index (χ2n) is 3.81. The molecule has 0 bridgehead atoms. The number of ether oxygens (including phenoxy) is 1. The number of rotatable bonds is 5. The molecule has 1 fully saturated rings. The summed E-state index contributed by atoms with van der Waals surface area (Å²) in [6, 6.07) is 0. The van der Waals surface area contributed by atoms with E-state index in [2.05, 4.69) is 4.98 Å². The zero-order chi connectivity index (χ0) is 13.3. The molecule has 1 atom stereocenters. The number of hydrogen-bond acceptors (Lipinski definition) is 6. The van der Waals surface area contributed by atoms with Gasteiger partial charge in [-0.2, -0.15) is 0 Å². The number of aromatic nitrogens is 1. The van der Waals surface area contributed by atoms with E-state index in [9.17, 15) is 13.6 Å². The van der Waals surface area contributed by atoms with Crippen LogP contribution in [0, 0.1) is 0 Å². The molecule has 1 aliphatic rings. The lowest BCUT2D eigenvalue weighted by Crippen LogP contribution is -2.45. The first-order valence-corrected chi connectivity index (χ1v) is 7.19. The van der Waals surface area contributed by atoms with Crippen molar-refractivity contribution in [3.63, 3.8) is 0 Å². The van der Waals surface area contributed by atoms with Crippen molar-refractivity contribution in [3.8, 4) is 0 Å². The monoisotopic (exact) mass is 291 g/mol. The molecule has 1 saturated carbocycles. The van der Waals surface area contributed by atoms with E-state index in [1.54, 1.807) is 6.92 Å². The number of thiazole rings is 1. The first-order chi connectivity index (χ1) is 8.51. The van der Waals surface area contributed by atoms with Crippen molar-refractivity contribution < 1.29 is 18.3 Å². The number of nitrogen functional groups attached to an aromatic ring is 1. The molecule has 0 spiro atoms. The van der Waals surface area contributed by atoms with Crippen LogP contribution in [-0.4, -0.2) is 31.9 Å². The number of carbonyl (C=O) groups excluding carboxylic acids is 1. The van der Waals surface area contributed by atoms with Crippen LogP contribution in [0.15, 0.2) is 6.20 Å². The third-order valence-corrected chi connectivity index (χ3v) is 4.42. The van der Waals surface area contributed by atoms with Crippen LogP contribution in [-0.2, 0) is 20.8 Å². The van der Waals surface area contributed by atoms with Gasteiger partial charge in [-0.1, -0.05) is 11.3 Å². The highest BCUT2D eigenvalue weighted by atomic mass is 32.2. The summed E-state index contributed by atoms with van der Waals surface area (Å²) in [6.45, 7) is 1.93. The first-order valence-electron chi connectivity index (χ1n) is 5.31. The molecule has 3 N–H and O–H groups in total. The largest absolute Gasteiger partial charge is 0.464 e. The molecule has 1 heterocycles. The van der Waals surface area contributed by atoms with Crippen molar-refractivity contribution in [2.45, 2.75) is 25.3 Å². The Bertz CT molecular complexity index is 486. The Hall–Kier alpha value is -1.19. The standard InChI is InChI=1S/C9H13N3O4S2/c1-2-16-7(13)9(3-4-9)12(18(14)15)6-5-11-8(10)17-6/h5H,2-4H2,1H3,(H2,10,11)(H,14,15). The van der Waals surface area contributed by atoms with Crippen LogP contribution in [0.3, 0.4) is 0 Å². The molecule has 7 nitrogen and oxygen atoms in total. The van der Waals surface area contributed by atoms with Crippen molar-refractivity contribution in [3.05, 3.63) is 6.20 Å². The highest BCUT2D eigenvalue weighted by Gasteiger charge is 2.59. The van der Waals surface area contributed by atoms with Gasteiger partial charge in [0.15, 0.2) is 10.7 Å². The number of nitrogens with two attached hydrogens (primary N) is 1. The van der Waals surface area contributed by atoms with E-state index < -0.39 is 22.8 Å². The predicted octanol–water partition coefficient (Wildman–Crippen LogP) is 0.764. The number of hydrogen-bond donors (Lipinski definition) is 2. The molecule has 1 unspecified atom stereocenters. The molecule has 18 heavy (non-hydrogen) atoms. The predicted molar refractivity (Wildman–Crippen MR) is 68.4 cm³/mol. The number of anilines is 2. The van der Waals surface area contributed by atoms with Crippen LogP contribution < -0.4 is 10.0 Å². The highest BCUT2D eigenvalue weighted by molar-refractivity contribution is 7.81. The average molecular weight is 291 g/mol. The maximum absolute atomic E-state index is 11.9. The van der Waals surface area contributed by atoms with Gasteiger partial charge in [0, 0.05) is 0 Å². The van der Waals surface area contributed by atoms with Gasteiger partial charge in [-0.25, -0.2) is 18.3 Å². The SMILES string of the molecule is CCOC(=O)C1(N(c2cnc(N)s2)S(=O)O)CC1. The van der Waals surface area contributed by atoms with Crippen molar-refractivity contribution in [2.75, 3.05) is 16.6 Å². The normalized spacial score (nSPS) is 18.1. The number of esters is 1. The van der Waals surface area contributed by atoms with E-state index in [0.717, 1.165) is 15.6 Å². The van der Waals surface area contributed by atoms with E-state index >= 15 is 0 Å². The molecule has 2 rings (SSSR count). The molecule has 9 heteroatoms. The summed E-state index contributed by atoms with van der Waals surface area (Å²) in [5, 5.41) is 0.666. The van der Waals surface area contributed by atoms with E-state index in [-0.39, 0.29) is 11.7 Å². The van der Waals surface area contributed by atoms with Crippen LogP contribution in [0.25, 0.3) is 0 Å². The Morgan fingerprint density at radius 3 is 2.83 bits per heavy atom. The van der Waals surface area contributed by atoms with Gasteiger partial charge in [0.2, 0.25) is 0 Å². The average Bonchev–Trinajstić information content (AvgIpc) is 2.97. The summed E-state index contributed by atoms with van der Waals surface area (Å²) in [5.74, 6) is -0.487. The van der Waals surface area contributed by atoms with Gasteiger partial charge in [-0.05, 0) is 19.8 Å². The fourth-order valence-electron chi connectivity index (χ4n) is 1.68.